The second-order valence-corrected chi connectivity index (χ2v) is 7.39. The van der Waals surface area contributed by atoms with E-state index in [1.165, 1.54) is 0 Å². The molecule has 0 aliphatic rings. The van der Waals surface area contributed by atoms with Crippen molar-refractivity contribution in [3.8, 4) is 0 Å². The average molecular weight is 364 g/mol. The Morgan fingerprint density at radius 3 is 2.29 bits per heavy atom. The Balaban J connectivity index is 1.80. The third-order valence-electron chi connectivity index (χ3n) is 3.32. The van der Waals surface area contributed by atoms with Gasteiger partial charge < -0.3 is 10.3 Å². The summed E-state index contributed by atoms with van der Waals surface area (Å²) in [6, 6.07) is 13.7. The average Bonchev–Trinajstić information content (AvgIpc) is 2.85. The number of hydrogen-bond donors (Lipinski definition) is 3. The molecular formula is C16H14ClN3O3S. The highest BCUT2D eigenvalue weighted by molar-refractivity contribution is 7.92. The Morgan fingerprint density at radius 1 is 1.04 bits per heavy atom. The van der Waals surface area contributed by atoms with Gasteiger partial charge in [-0.05, 0) is 30.3 Å². The van der Waals surface area contributed by atoms with Gasteiger partial charge in [0.25, 0.3) is 5.91 Å². The number of nitrogens with one attached hydrogen (secondary N) is 3. The molecule has 0 saturated carbocycles. The first-order valence-corrected chi connectivity index (χ1v) is 9.26. The highest BCUT2D eigenvalue weighted by atomic mass is 35.5. The van der Waals surface area contributed by atoms with Gasteiger partial charge in [0.1, 0.15) is 5.69 Å². The van der Waals surface area contributed by atoms with Gasteiger partial charge in [0.15, 0.2) is 0 Å². The van der Waals surface area contributed by atoms with Crippen LogP contribution in [-0.2, 0) is 10.0 Å². The molecule has 0 saturated heterocycles. The van der Waals surface area contributed by atoms with E-state index in [2.05, 4.69) is 15.0 Å². The van der Waals surface area contributed by atoms with E-state index in [9.17, 15) is 13.2 Å². The summed E-state index contributed by atoms with van der Waals surface area (Å²) in [6.07, 6.45) is 1.07. The van der Waals surface area contributed by atoms with E-state index >= 15 is 0 Å². The molecule has 1 amide bonds. The van der Waals surface area contributed by atoms with Gasteiger partial charge in [-0.15, -0.1) is 0 Å². The smallest absolute Gasteiger partial charge is 0.273 e. The summed E-state index contributed by atoms with van der Waals surface area (Å²) in [6.45, 7) is 0. The van der Waals surface area contributed by atoms with E-state index in [4.69, 9.17) is 11.6 Å². The van der Waals surface area contributed by atoms with E-state index in [0.717, 1.165) is 17.2 Å². The molecule has 0 spiro atoms. The van der Waals surface area contributed by atoms with Gasteiger partial charge in [0, 0.05) is 22.3 Å². The van der Waals surface area contributed by atoms with Crippen LogP contribution in [0.1, 0.15) is 10.5 Å². The summed E-state index contributed by atoms with van der Waals surface area (Å²) in [5.74, 6) is -0.375. The molecule has 0 bridgehead atoms. The zero-order chi connectivity index (χ0) is 17.3. The van der Waals surface area contributed by atoms with E-state index in [1.54, 1.807) is 24.3 Å². The number of carbonyl (C=O) groups is 1. The first-order chi connectivity index (χ1) is 11.3. The van der Waals surface area contributed by atoms with Crippen molar-refractivity contribution in [2.45, 2.75) is 0 Å². The van der Waals surface area contributed by atoms with Gasteiger partial charge >= 0.3 is 0 Å². The number of carbonyl (C=O) groups excluding carboxylic acids is 1. The number of anilines is 2. The number of amides is 1. The van der Waals surface area contributed by atoms with Gasteiger partial charge in [-0.1, -0.05) is 29.8 Å². The molecule has 0 atom stereocenters. The Bertz CT molecular complexity index is 1010. The Kier molecular flexibility index (Phi) is 4.21. The quantitative estimate of drug-likeness (QED) is 0.663. The van der Waals surface area contributed by atoms with Crippen molar-refractivity contribution in [2.24, 2.45) is 0 Å². The molecule has 1 heterocycles. The highest BCUT2D eigenvalue weighted by Gasteiger charge is 2.16. The van der Waals surface area contributed by atoms with Crippen LogP contribution in [0.4, 0.5) is 11.4 Å². The Labute approximate surface area is 143 Å². The van der Waals surface area contributed by atoms with Crippen molar-refractivity contribution in [3.05, 3.63) is 59.2 Å². The summed E-state index contributed by atoms with van der Waals surface area (Å²) in [5.41, 5.74) is 1.99. The van der Waals surface area contributed by atoms with Gasteiger partial charge in [-0.2, -0.15) is 0 Å². The molecule has 0 aliphatic heterocycles. The van der Waals surface area contributed by atoms with Crippen LogP contribution in [0.5, 0.6) is 0 Å². The second-order valence-electron chi connectivity index (χ2n) is 5.27. The molecule has 0 fully saturated rings. The number of para-hydroxylation sites is 1. The summed E-state index contributed by atoms with van der Waals surface area (Å²) in [4.78, 5) is 15.4. The lowest BCUT2D eigenvalue weighted by molar-refractivity contribution is 0.102. The molecule has 3 N–H and O–H groups in total. The first-order valence-electron chi connectivity index (χ1n) is 6.99. The fraction of sp³-hybridized carbons (Fsp3) is 0.0625. The lowest BCUT2D eigenvalue weighted by Gasteiger charge is -2.07. The standard InChI is InChI=1S/C16H14ClN3O3S/c1-24(22,23)20-11-8-6-10(7-9-11)18-16(21)15-14(17)12-4-2-3-5-13(12)19-15/h2-9,19-20H,1H3,(H,18,21). The van der Waals surface area contributed by atoms with E-state index in [0.29, 0.717) is 16.4 Å². The number of aromatic amines is 1. The topological polar surface area (TPSA) is 91.1 Å². The monoisotopic (exact) mass is 363 g/mol. The summed E-state index contributed by atoms with van der Waals surface area (Å²) < 4.78 is 24.7. The van der Waals surface area contributed by atoms with Crippen LogP contribution in [0, 0.1) is 0 Å². The molecule has 0 unspecified atom stereocenters. The number of sulfonamides is 1. The lowest BCUT2D eigenvalue weighted by Crippen LogP contribution is -2.13. The maximum atomic E-state index is 12.4. The number of benzene rings is 2. The van der Waals surface area contributed by atoms with Crippen LogP contribution in [0.3, 0.4) is 0 Å². The molecule has 8 heteroatoms. The van der Waals surface area contributed by atoms with Crippen LogP contribution < -0.4 is 10.0 Å². The molecule has 0 aliphatic carbocycles. The molecule has 0 radical (unpaired) electrons. The van der Waals surface area contributed by atoms with Gasteiger partial charge in [0.05, 0.1) is 11.3 Å². The summed E-state index contributed by atoms with van der Waals surface area (Å²) >= 11 is 6.25. The molecular weight excluding hydrogens is 350 g/mol. The van der Waals surface area contributed by atoms with E-state index in [-0.39, 0.29) is 11.6 Å². The summed E-state index contributed by atoms with van der Waals surface area (Å²) in [5, 5.41) is 3.85. The predicted molar refractivity (Wildman–Crippen MR) is 96.2 cm³/mol. The highest BCUT2D eigenvalue weighted by Crippen LogP contribution is 2.27. The molecule has 2 aromatic carbocycles. The molecule has 3 rings (SSSR count). The minimum absolute atomic E-state index is 0.274. The minimum Gasteiger partial charge on any atom is -0.349 e. The number of H-pyrrole nitrogens is 1. The van der Waals surface area contributed by atoms with E-state index < -0.39 is 10.0 Å². The molecule has 3 aromatic rings. The molecule has 24 heavy (non-hydrogen) atoms. The van der Waals surface area contributed by atoms with Crippen molar-refractivity contribution >= 4 is 49.8 Å². The number of rotatable bonds is 4. The zero-order valence-corrected chi connectivity index (χ0v) is 14.2. The largest absolute Gasteiger partial charge is 0.349 e. The maximum Gasteiger partial charge on any atom is 0.273 e. The third-order valence-corrected chi connectivity index (χ3v) is 4.31. The number of hydrogen-bond acceptors (Lipinski definition) is 3. The number of halogens is 1. The third kappa shape index (κ3) is 3.52. The fourth-order valence-electron chi connectivity index (χ4n) is 2.29. The SMILES string of the molecule is CS(=O)(=O)Nc1ccc(NC(=O)c2[nH]c3ccccc3c2Cl)cc1. The lowest BCUT2D eigenvalue weighted by atomic mass is 10.2. The van der Waals surface area contributed by atoms with Gasteiger partial charge in [0.2, 0.25) is 10.0 Å². The van der Waals surface area contributed by atoms with Crippen LogP contribution in [0.25, 0.3) is 10.9 Å². The van der Waals surface area contributed by atoms with Crippen LogP contribution in [0.2, 0.25) is 5.02 Å². The predicted octanol–water partition coefficient (Wildman–Crippen LogP) is 3.45. The van der Waals surface area contributed by atoms with Crippen LogP contribution in [-0.4, -0.2) is 25.6 Å². The Morgan fingerprint density at radius 2 is 1.67 bits per heavy atom. The second kappa shape index (κ2) is 6.18. The molecule has 1 aromatic heterocycles. The van der Waals surface area contributed by atoms with Gasteiger partial charge in [-0.25, -0.2) is 8.42 Å². The van der Waals surface area contributed by atoms with Crippen LogP contribution in [0.15, 0.2) is 48.5 Å². The maximum absolute atomic E-state index is 12.4. The molecule has 6 nitrogen and oxygen atoms in total. The fourth-order valence-corrected chi connectivity index (χ4v) is 3.16. The number of fused-ring (bicyclic) bond motifs is 1. The van der Waals surface area contributed by atoms with Crippen molar-refractivity contribution in [3.63, 3.8) is 0 Å². The van der Waals surface area contributed by atoms with Crippen molar-refractivity contribution in [1.82, 2.24) is 4.98 Å². The van der Waals surface area contributed by atoms with Crippen LogP contribution >= 0.6 is 11.6 Å². The normalized spacial score (nSPS) is 11.4. The first kappa shape index (κ1) is 16.4. The summed E-state index contributed by atoms with van der Waals surface area (Å²) in [7, 11) is -3.34. The van der Waals surface area contributed by atoms with Gasteiger partial charge in [-0.3, -0.25) is 9.52 Å². The Hall–Kier alpha value is -2.51. The number of aromatic nitrogens is 1. The molecule has 124 valence electrons. The zero-order valence-electron chi connectivity index (χ0n) is 12.6. The minimum atomic E-state index is -3.34. The van der Waals surface area contributed by atoms with Crippen molar-refractivity contribution in [1.29, 1.82) is 0 Å². The van der Waals surface area contributed by atoms with E-state index in [1.807, 2.05) is 24.3 Å². The van der Waals surface area contributed by atoms with Crippen molar-refractivity contribution in [2.75, 3.05) is 16.3 Å². The van der Waals surface area contributed by atoms with Crippen molar-refractivity contribution < 1.29 is 13.2 Å².